The van der Waals surface area contributed by atoms with E-state index in [-0.39, 0.29) is 12.5 Å². The van der Waals surface area contributed by atoms with Crippen molar-refractivity contribution in [1.82, 2.24) is 5.32 Å². The van der Waals surface area contributed by atoms with Gasteiger partial charge in [-0.25, -0.2) is 0 Å². The number of amides is 1. The van der Waals surface area contributed by atoms with Gasteiger partial charge in [0.25, 0.3) is 5.91 Å². The van der Waals surface area contributed by atoms with Crippen LogP contribution >= 0.6 is 0 Å². The Kier molecular flexibility index (Phi) is 5.30. The summed E-state index contributed by atoms with van der Waals surface area (Å²) >= 11 is 0. The van der Waals surface area contributed by atoms with Crippen LogP contribution in [0.5, 0.6) is 0 Å². The van der Waals surface area contributed by atoms with E-state index in [0.29, 0.717) is 6.42 Å². The lowest BCUT2D eigenvalue weighted by molar-refractivity contribution is -0.139. The van der Waals surface area contributed by atoms with Crippen LogP contribution in [-0.2, 0) is 9.59 Å². The maximum absolute atomic E-state index is 11.0. The molecule has 0 aliphatic heterocycles. The molecule has 0 aliphatic rings. The zero-order valence-electron chi connectivity index (χ0n) is 8.33. The summed E-state index contributed by atoms with van der Waals surface area (Å²) in [5, 5.41) is 11.5. The minimum atomic E-state index is -0.609. The van der Waals surface area contributed by atoms with Crippen LogP contribution in [0.25, 0.3) is 0 Å². The van der Waals surface area contributed by atoms with E-state index in [1.807, 2.05) is 0 Å². The average Bonchev–Trinajstić information content (AvgIpc) is 2.11. The van der Waals surface area contributed by atoms with Crippen LogP contribution in [0.1, 0.15) is 27.2 Å². The molecule has 1 amide bonds. The molecular formula is C9H17NO3. The SMILES string of the molecule is CCC(O)CNC(=O)C(=O)C(C)C. The molecule has 0 radical (unpaired) electrons. The van der Waals surface area contributed by atoms with Crippen LogP contribution in [0.4, 0.5) is 0 Å². The fourth-order valence-corrected chi connectivity index (χ4v) is 0.704. The van der Waals surface area contributed by atoms with Crippen LogP contribution in [0, 0.1) is 5.92 Å². The molecule has 0 saturated heterocycles. The van der Waals surface area contributed by atoms with E-state index in [1.165, 1.54) is 0 Å². The molecule has 4 heteroatoms. The number of Topliss-reactive ketones (excluding diaryl/α,β-unsaturated/α-hetero) is 1. The van der Waals surface area contributed by atoms with Gasteiger partial charge in [-0.2, -0.15) is 0 Å². The van der Waals surface area contributed by atoms with Crippen molar-refractivity contribution >= 4 is 11.7 Å². The predicted molar refractivity (Wildman–Crippen MR) is 49.2 cm³/mol. The summed E-state index contributed by atoms with van der Waals surface area (Å²) in [6.07, 6.45) is -0.000198. The molecule has 0 aromatic carbocycles. The van der Waals surface area contributed by atoms with Gasteiger partial charge in [0.2, 0.25) is 5.78 Å². The van der Waals surface area contributed by atoms with Crippen molar-refractivity contribution in [1.29, 1.82) is 0 Å². The molecule has 0 aliphatic carbocycles. The summed E-state index contributed by atoms with van der Waals surface area (Å²) in [5.74, 6) is -1.34. The fraction of sp³-hybridized carbons (Fsp3) is 0.778. The molecule has 1 atom stereocenters. The predicted octanol–water partition coefficient (Wildman–Crippen LogP) is 0.0986. The molecule has 13 heavy (non-hydrogen) atoms. The molecule has 0 fully saturated rings. The molecule has 0 aromatic heterocycles. The molecule has 2 N–H and O–H groups in total. The van der Waals surface area contributed by atoms with Crippen molar-refractivity contribution in [2.75, 3.05) is 6.54 Å². The Morgan fingerprint density at radius 1 is 1.38 bits per heavy atom. The highest BCUT2D eigenvalue weighted by Crippen LogP contribution is 1.94. The van der Waals surface area contributed by atoms with Gasteiger partial charge in [0.05, 0.1) is 6.10 Å². The smallest absolute Gasteiger partial charge is 0.287 e. The van der Waals surface area contributed by atoms with Crippen LogP contribution in [-0.4, -0.2) is 29.4 Å². The molecular weight excluding hydrogens is 170 g/mol. The Morgan fingerprint density at radius 2 is 1.92 bits per heavy atom. The van der Waals surface area contributed by atoms with Gasteiger partial charge in [0.15, 0.2) is 0 Å². The van der Waals surface area contributed by atoms with E-state index in [2.05, 4.69) is 5.32 Å². The first-order valence-electron chi connectivity index (χ1n) is 4.49. The molecule has 4 nitrogen and oxygen atoms in total. The van der Waals surface area contributed by atoms with Crippen molar-refractivity contribution in [3.63, 3.8) is 0 Å². The second-order valence-electron chi connectivity index (χ2n) is 3.29. The number of hydrogen-bond donors (Lipinski definition) is 2. The average molecular weight is 187 g/mol. The lowest BCUT2D eigenvalue weighted by Crippen LogP contribution is -2.38. The molecule has 0 rings (SSSR count). The number of ketones is 1. The number of nitrogens with one attached hydrogen (secondary N) is 1. The Balaban J connectivity index is 3.81. The third kappa shape index (κ3) is 4.62. The van der Waals surface area contributed by atoms with E-state index in [4.69, 9.17) is 5.11 Å². The highest BCUT2D eigenvalue weighted by atomic mass is 16.3. The van der Waals surface area contributed by atoms with Crippen molar-refractivity contribution in [2.24, 2.45) is 5.92 Å². The summed E-state index contributed by atoms with van der Waals surface area (Å²) < 4.78 is 0. The Bertz CT molecular complexity index is 189. The number of hydrogen-bond acceptors (Lipinski definition) is 3. The molecule has 0 bridgehead atoms. The largest absolute Gasteiger partial charge is 0.391 e. The first-order chi connectivity index (χ1) is 5.99. The minimum absolute atomic E-state index is 0.147. The van der Waals surface area contributed by atoms with Crippen LogP contribution in [0.15, 0.2) is 0 Å². The number of rotatable bonds is 5. The standard InChI is InChI=1S/C9H17NO3/c1-4-7(11)5-10-9(13)8(12)6(2)3/h6-7,11H,4-5H2,1-3H3,(H,10,13). The second kappa shape index (κ2) is 5.70. The van der Waals surface area contributed by atoms with E-state index < -0.39 is 17.8 Å². The minimum Gasteiger partial charge on any atom is -0.391 e. The Morgan fingerprint density at radius 3 is 2.31 bits per heavy atom. The van der Waals surface area contributed by atoms with Crippen LogP contribution in [0.2, 0.25) is 0 Å². The number of carbonyl (C=O) groups is 2. The van der Waals surface area contributed by atoms with Gasteiger partial charge in [-0.3, -0.25) is 9.59 Å². The van der Waals surface area contributed by atoms with Gasteiger partial charge in [0, 0.05) is 12.5 Å². The molecule has 0 aromatic rings. The lowest BCUT2D eigenvalue weighted by Gasteiger charge is -2.09. The fourth-order valence-electron chi connectivity index (χ4n) is 0.704. The topological polar surface area (TPSA) is 66.4 Å². The van der Waals surface area contributed by atoms with Crippen LogP contribution < -0.4 is 5.32 Å². The van der Waals surface area contributed by atoms with Crippen molar-refractivity contribution in [3.8, 4) is 0 Å². The van der Waals surface area contributed by atoms with Crippen molar-refractivity contribution < 1.29 is 14.7 Å². The van der Waals surface area contributed by atoms with Gasteiger partial charge >= 0.3 is 0 Å². The zero-order valence-corrected chi connectivity index (χ0v) is 8.33. The maximum Gasteiger partial charge on any atom is 0.287 e. The number of carbonyl (C=O) groups excluding carboxylic acids is 2. The number of aliphatic hydroxyl groups is 1. The Hall–Kier alpha value is -0.900. The summed E-state index contributed by atoms with van der Waals surface area (Å²) in [5.41, 5.74) is 0. The van der Waals surface area contributed by atoms with E-state index in [1.54, 1.807) is 20.8 Å². The summed E-state index contributed by atoms with van der Waals surface area (Å²) in [4.78, 5) is 22.1. The van der Waals surface area contributed by atoms with Gasteiger partial charge in [0.1, 0.15) is 0 Å². The normalized spacial score (nSPS) is 12.7. The van der Waals surface area contributed by atoms with Gasteiger partial charge in [-0.05, 0) is 6.42 Å². The first-order valence-corrected chi connectivity index (χ1v) is 4.49. The molecule has 1 unspecified atom stereocenters. The molecule has 76 valence electrons. The van der Waals surface area contributed by atoms with Gasteiger partial charge < -0.3 is 10.4 Å². The van der Waals surface area contributed by atoms with Crippen LogP contribution in [0.3, 0.4) is 0 Å². The summed E-state index contributed by atoms with van der Waals surface area (Å²) in [7, 11) is 0. The lowest BCUT2D eigenvalue weighted by atomic mass is 10.1. The Labute approximate surface area is 78.3 Å². The zero-order chi connectivity index (χ0) is 10.4. The molecule has 0 saturated carbocycles. The maximum atomic E-state index is 11.0. The highest BCUT2D eigenvalue weighted by Gasteiger charge is 2.17. The van der Waals surface area contributed by atoms with E-state index in [9.17, 15) is 9.59 Å². The summed E-state index contributed by atoms with van der Waals surface area (Å²) in [6, 6.07) is 0. The first kappa shape index (κ1) is 12.1. The van der Waals surface area contributed by atoms with Gasteiger partial charge in [-0.15, -0.1) is 0 Å². The number of aliphatic hydroxyl groups excluding tert-OH is 1. The second-order valence-corrected chi connectivity index (χ2v) is 3.29. The van der Waals surface area contributed by atoms with Crippen molar-refractivity contribution in [2.45, 2.75) is 33.3 Å². The van der Waals surface area contributed by atoms with Crippen molar-refractivity contribution in [3.05, 3.63) is 0 Å². The summed E-state index contributed by atoms with van der Waals surface area (Å²) in [6.45, 7) is 5.28. The highest BCUT2D eigenvalue weighted by molar-refractivity contribution is 6.36. The van der Waals surface area contributed by atoms with E-state index in [0.717, 1.165) is 0 Å². The van der Waals surface area contributed by atoms with Gasteiger partial charge in [-0.1, -0.05) is 20.8 Å². The molecule has 0 spiro atoms. The third-order valence-corrected chi connectivity index (χ3v) is 1.72. The monoisotopic (exact) mass is 187 g/mol. The third-order valence-electron chi connectivity index (χ3n) is 1.72. The molecule has 0 heterocycles. The quantitative estimate of drug-likeness (QED) is 0.600. The van der Waals surface area contributed by atoms with E-state index >= 15 is 0 Å².